The number of benzene rings is 3. The molecule has 186 valence electrons. The van der Waals surface area contributed by atoms with Crippen molar-refractivity contribution < 1.29 is 17.9 Å². The summed E-state index contributed by atoms with van der Waals surface area (Å²) < 4.78 is 32.3. The van der Waals surface area contributed by atoms with Crippen molar-refractivity contribution in [3.63, 3.8) is 0 Å². The molecule has 0 fully saturated rings. The van der Waals surface area contributed by atoms with Gasteiger partial charge in [0, 0.05) is 5.56 Å². The van der Waals surface area contributed by atoms with Crippen molar-refractivity contribution in [2.45, 2.75) is 47.2 Å². The average molecular weight is 495 g/mol. The topological polar surface area (TPSA) is 75.7 Å². The largest absolute Gasteiger partial charge is 0.491 e. The number of nitrogens with zero attached hydrogens (tertiary/aromatic N) is 1. The van der Waals surface area contributed by atoms with E-state index in [1.165, 1.54) is 16.1 Å². The van der Waals surface area contributed by atoms with E-state index in [-0.39, 0.29) is 18.5 Å². The van der Waals surface area contributed by atoms with Crippen molar-refractivity contribution in [1.29, 1.82) is 0 Å². The zero-order chi connectivity index (χ0) is 25.8. The molecule has 7 heteroatoms. The summed E-state index contributed by atoms with van der Waals surface area (Å²) in [6, 6.07) is 18.5. The molecule has 0 unspecified atom stereocenters. The molecule has 6 nitrogen and oxygen atoms in total. The Balaban J connectivity index is 1.64. The minimum Gasteiger partial charge on any atom is -0.491 e. The van der Waals surface area contributed by atoms with Gasteiger partial charge in [-0.3, -0.25) is 9.10 Å². The summed E-state index contributed by atoms with van der Waals surface area (Å²) in [5.74, 6) is 0.570. The fraction of sp³-hybridized carbons (Fsp3) is 0.321. The number of nitrogens with one attached hydrogen (secondary N) is 1. The highest BCUT2D eigenvalue weighted by molar-refractivity contribution is 7.92. The van der Waals surface area contributed by atoms with E-state index in [1.54, 1.807) is 24.3 Å². The van der Waals surface area contributed by atoms with Gasteiger partial charge >= 0.3 is 0 Å². The molecule has 0 saturated heterocycles. The van der Waals surface area contributed by atoms with Gasteiger partial charge in [-0.2, -0.15) is 0 Å². The van der Waals surface area contributed by atoms with Gasteiger partial charge in [-0.05, 0) is 92.8 Å². The van der Waals surface area contributed by atoms with Crippen molar-refractivity contribution in [2.75, 3.05) is 17.2 Å². The van der Waals surface area contributed by atoms with Crippen LogP contribution in [0.5, 0.6) is 5.75 Å². The standard InChI is InChI=1S/C28H34N2O4S/c1-19-7-8-21(3)27(15-19)30(35(6,32)33)17-24-10-12-25(13-11-24)28(31)29-23(5)18-34-26-14-9-20(2)22(4)16-26/h7-16,23H,17-18H2,1-6H3,(H,29,31)/t23-/m0/s1. The summed E-state index contributed by atoms with van der Waals surface area (Å²) in [6.07, 6.45) is 1.21. The van der Waals surface area contributed by atoms with Gasteiger partial charge in [0.1, 0.15) is 12.4 Å². The lowest BCUT2D eigenvalue weighted by molar-refractivity contribution is 0.0926. The lowest BCUT2D eigenvalue weighted by Crippen LogP contribution is -2.36. The highest BCUT2D eigenvalue weighted by Gasteiger charge is 2.20. The van der Waals surface area contributed by atoms with Gasteiger partial charge in [-0.25, -0.2) is 8.42 Å². The van der Waals surface area contributed by atoms with Crippen molar-refractivity contribution in [3.05, 3.63) is 94.0 Å². The second-order valence-electron chi connectivity index (χ2n) is 9.19. The first-order valence-corrected chi connectivity index (χ1v) is 13.4. The molecule has 35 heavy (non-hydrogen) atoms. The summed E-state index contributed by atoms with van der Waals surface area (Å²) in [5.41, 5.74) is 6.19. The Morgan fingerprint density at radius 3 is 2.20 bits per heavy atom. The molecule has 1 atom stereocenters. The predicted molar refractivity (Wildman–Crippen MR) is 142 cm³/mol. The molecule has 0 aliphatic heterocycles. The van der Waals surface area contributed by atoms with Crippen LogP contribution in [0.1, 0.15) is 45.1 Å². The fourth-order valence-corrected chi connectivity index (χ4v) is 4.61. The van der Waals surface area contributed by atoms with E-state index < -0.39 is 10.0 Å². The van der Waals surface area contributed by atoms with E-state index in [9.17, 15) is 13.2 Å². The first-order valence-electron chi connectivity index (χ1n) is 11.6. The molecule has 3 aromatic carbocycles. The molecular formula is C28H34N2O4S. The normalized spacial score (nSPS) is 12.2. The van der Waals surface area contributed by atoms with Crippen molar-refractivity contribution in [3.8, 4) is 5.75 Å². The van der Waals surface area contributed by atoms with E-state index in [2.05, 4.69) is 12.2 Å². The van der Waals surface area contributed by atoms with Crippen LogP contribution >= 0.6 is 0 Å². The number of ether oxygens (including phenoxy) is 1. The fourth-order valence-electron chi connectivity index (χ4n) is 3.67. The zero-order valence-electron chi connectivity index (χ0n) is 21.3. The van der Waals surface area contributed by atoms with E-state index in [1.807, 2.05) is 64.1 Å². The smallest absolute Gasteiger partial charge is 0.251 e. The molecule has 0 heterocycles. The van der Waals surface area contributed by atoms with E-state index in [4.69, 9.17) is 4.74 Å². The maximum atomic E-state index is 12.7. The quantitative estimate of drug-likeness (QED) is 0.450. The maximum absolute atomic E-state index is 12.7. The third-order valence-electron chi connectivity index (χ3n) is 5.93. The Hall–Kier alpha value is -3.32. The van der Waals surface area contributed by atoms with Crippen LogP contribution in [0.25, 0.3) is 0 Å². The van der Waals surface area contributed by atoms with Crippen LogP contribution in [0, 0.1) is 27.7 Å². The number of amides is 1. The molecule has 0 saturated carbocycles. The van der Waals surface area contributed by atoms with Crippen molar-refractivity contribution in [2.24, 2.45) is 0 Å². The third-order valence-corrected chi connectivity index (χ3v) is 7.06. The summed E-state index contributed by atoms with van der Waals surface area (Å²) in [5, 5.41) is 2.95. The maximum Gasteiger partial charge on any atom is 0.251 e. The lowest BCUT2D eigenvalue weighted by atomic mass is 10.1. The molecule has 3 aromatic rings. The molecule has 0 aromatic heterocycles. The van der Waals surface area contributed by atoms with Gasteiger partial charge in [0.2, 0.25) is 10.0 Å². The number of hydrogen-bond acceptors (Lipinski definition) is 4. The van der Waals surface area contributed by atoms with Gasteiger partial charge in [-0.1, -0.05) is 30.3 Å². The van der Waals surface area contributed by atoms with Crippen LogP contribution in [0.4, 0.5) is 5.69 Å². The highest BCUT2D eigenvalue weighted by atomic mass is 32.2. The Kier molecular flexibility index (Phi) is 8.22. The SMILES string of the molecule is Cc1ccc(C)c(N(Cc2ccc(C(=O)N[C@@H](C)COc3ccc(C)c(C)c3)cc2)S(C)(=O)=O)c1. The molecule has 1 N–H and O–H groups in total. The Bertz CT molecular complexity index is 1300. The van der Waals surface area contributed by atoms with Crippen LogP contribution in [-0.2, 0) is 16.6 Å². The molecule has 0 aliphatic rings. The number of carbonyl (C=O) groups is 1. The summed E-state index contributed by atoms with van der Waals surface area (Å²) in [4.78, 5) is 12.7. The van der Waals surface area contributed by atoms with Crippen LogP contribution in [0.15, 0.2) is 60.7 Å². The minimum atomic E-state index is -3.49. The Morgan fingerprint density at radius 1 is 0.914 bits per heavy atom. The Morgan fingerprint density at radius 2 is 1.57 bits per heavy atom. The molecule has 0 bridgehead atoms. The van der Waals surface area contributed by atoms with Crippen LogP contribution < -0.4 is 14.4 Å². The first-order chi connectivity index (χ1) is 16.4. The monoisotopic (exact) mass is 494 g/mol. The number of carbonyl (C=O) groups excluding carboxylic acids is 1. The second kappa shape index (κ2) is 11.0. The van der Waals surface area contributed by atoms with Crippen LogP contribution in [-0.4, -0.2) is 33.2 Å². The molecule has 1 amide bonds. The lowest BCUT2D eigenvalue weighted by Gasteiger charge is -2.25. The first kappa shape index (κ1) is 26.3. The summed E-state index contributed by atoms with van der Waals surface area (Å²) in [6.45, 7) is 10.3. The van der Waals surface area contributed by atoms with Crippen LogP contribution in [0.2, 0.25) is 0 Å². The van der Waals surface area contributed by atoms with Gasteiger partial charge in [-0.15, -0.1) is 0 Å². The van der Waals surface area contributed by atoms with Gasteiger partial charge in [0.05, 0.1) is 24.5 Å². The number of hydrogen-bond donors (Lipinski definition) is 1. The van der Waals surface area contributed by atoms with E-state index >= 15 is 0 Å². The second-order valence-corrected chi connectivity index (χ2v) is 11.1. The van der Waals surface area contributed by atoms with Gasteiger partial charge < -0.3 is 10.1 Å². The number of sulfonamides is 1. The number of rotatable bonds is 9. The van der Waals surface area contributed by atoms with Gasteiger partial charge in [0.15, 0.2) is 0 Å². The summed E-state index contributed by atoms with van der Waals surface area (Å²) in [7, 11) is -3.49. The predicted octanol–water partition coefficient (Wildman–Crippen LogP) is 5.08. The molecule has 3 rings (SSSR count). The van der Waals surface area contributed by atoms with Gasteiger partial charge in [0.25, 0.3) is 5.91 Å². The molecular weight excluding hydrogens is 460 g/mol. The highest BCUT2D eigenvalue weighted by Crippen LogP contribution is 2.26. The summed E-state index contributed by atoms with van der Waals surface area (Å²) >= 11 is 0. The number of anilines is 1. The third kappa shape index (κ3) is 7.09. The van der Waals surface area contributed by atoms with Crippen molar-refractivity contribution >= 4 is 21.6 Å². The molecule has 0 spiro atoms. The van der Waals surface area contributed by atoms with E-state index in [0.29, 0.717) is 17.9 Å². The molecule has 0 radical (unpaired) electrons. The molecule has 0 aliphatic carbocycles. The zero-order valence-corrected chi connectivity index (χ0v) is 22.1. The Labute approximate surface area is 209 Å². The average Bonchev–Trinajstić information content (AvgIpc) is 2.79. The van der Waals surface area contributed by atoms with Crippen molar-refractivity contribution in [1.82, 2.24) is 5.32 Å². The van der Waals surface area contributed by atoms with Crippen LogP contribution in [0.3, 0.4) is 0 Å². The van der Waals surface area contributed by atoms with E-state index in [0.717, 1.165) is 28.0 Å². The number of aryl methyl sites for hydroxylation is 4. The minimum absolute atomic E-state index is 0.186.